The Bertz CT molecular complexity index is 730. The van der Waals surface area contributed by atoms with Crippen LogP contribution in [0.15, 0.2) is 0 Å². The molecule has 0 aliphatic carbocycles. The van der Waals surface area contributed by atoms with Gasteiger partial charge in [0.1, 0.15) is 0 Å². The van der Waals surface area contributed by atoms with Gasteiger partial charge in [0, 0.05) is 10.8 Å². The molecule has 29 heavy (non-hydrogen) atoms. The highest BCUT2D eigenvalue weighted by Gasteiger charge is 2.39. The highest BCUT2D eigenvalue weighted by Crippen LogP contribution is 2.28. The summed E-state index contributed by atoms with van der Waals surface area (Å²) < 4.78 is 65.6. The van der Waals surface area contributed by atoms with E-state index >= 15 is 0 Å². The number of hydrogen-bond donors (Lipinski definition) is 6. The number of nitrogens with one attached hydrogen (secondary N) is 4. The molecule has 0 aliphatic rings. The van der Waals surface area contributed by atoms with Crippen LogP contribution in [0.25, 0.3) is 0 Å². The minimum Gasteiger partial charge on any atom is -0.345 e. The average Bonchev–Trinajstić information content (AvgIpc) is 2.55. The fourth-order valence-electron chi connectivity index (χ4n) is 2.26. The van der Waals surface area contributed by atoms with Gasteiger partial charge in [0.2, 0.25) is 0 Å². The maximum atomic E-state index is 11.7. The zero-order valence-corrected chi connectivity index (χ0v) is 20.7. The molecular weight excluding hydrogens is 460 g/mol. The molecule has 0 spiro atoms. The summed E-state index contributed by atoms with van der Waals surface area (Å²) in [6.45, 7) is 10.2. The van der Waals surface area contributed by atoms with Crippen LogP contribution in [0.2, 0.25) is 0 Å². The van der Waals surface area contributed by atoms with Crippen molar-refractivity contribution in [3.8, 4) is 0 Å². The maximum absolute atomic E-state index is 11.7. The molecule has 0 heterocycles. The average molecular weight is 493 g/mol. The third-order valence-electron chi connectivity index (χ3n) is 4.86. The Morgan fingerprint density at radius 3 is 1.28 bits per heavy atom. The largest absolute Gasteiger partial charge is 0.345 e. The fourth-order valence-corrected chi connectivity index (χ4v) is 5.27. The van der Waals surface area contributed by atoms with Gasteiger partial charge in [0.15, 0.2) is 21.0 Å². The van der Waals surface area contributed by atoms with Crippen molar-refractivity contribution in [2.45, 2.75) is 65.1 Å². The minimum atomic E-state index is -4.41. The van der Waals surface area contributed by atoms with Crippen LogP contribution in [0.1, 0.15) is 54.4 Å². The van der Waals surface area contributed by atoms with Crippen molar-refractivity contribution in [2.75, 3.05) is 6.67 Å². The third kappa shape index (κ3) is 9.26. The molecule has 0 aromatic rings. The lowest BCUT2D eigenvalue weighted by molar-refractivity contribution is 0.295. The van der Waals surface area contributed by atoms with Crippen molar-refractivity contribution >= 4 is 54.9 Å². The molecule has 0 aliphatic heterocycles. The highest BCUT2D eigenvalue weighted by molar-refractivity contribution is 7.87. The molecular formula is C15H32N4O6S4. The van der Waals surface area contributed by atoms with Gasteiger partial charge in [-0.25, -0.2) is 0 Å². The molecule has 6 N–H and O–H groups in total. The van der Waals surface area contributed by atoms with Gasteiger partial charge in [-0.15, -0.1) is 0 Å². The molecule has 172 valence electrons. The van der Waals surface area contributed by atoms with Gasteiger partial charge in [-0.3, -0.25) is 9.11 Å². The number of rotatable bonds is 10. The Morgan fingerprint density at radius 2 is 1.07 bits per heavy atom. The first-order chi connectivity index (χ1) is 12.9. The van der Waals surface area contributed by atoms with Gasteiger partial charge in [-0.1, -0.05) is 41.5 Å². The van der Waals surface area contributed by atoms with Crippen LogP contribution < -0.4 is 21.3 Å². The Kier molecular flexibility index (Phi) is 10.2. The Hall–Kier alpha value is -0.800. The molecule has 2 unspecified atom stereocenters. The van der Waals surface area contributed by atoms with E-state index in [1.807, 2.05) is 0 Å². The van der Waals surface area contributed by atoms with Crippen LogP contribution >= 0.6 is 24.4 Å². The molecule has 0 fully saturated rings. The van der Waals surface area contributed by atoms with Crippen molar-refractivity contribution in [1.82, 2.24) is 21.3 Å². The Balaban J connectivity index is 4.91. The molecule has 0 aromatic carbocycles. The molecule has 0 rings (SSSR count). The summed E-state index contributed by atoms with van der Waals surface area (Å²) in [5.74, 6) is 0. The van der Waals surface area contributed by atoms with Crippen LogP contribution in [0, 0.1) is 10.8 Å². The predicted molar refractivity (Wildman–Crippen MR) is 121 cm³/mol. The van der Waals surface area contributed by atoms with Gasteiger partial charge in [0.25, 0.3) is 20.2 Å². The topological polar surface area (TPSA) is 157 Å². The van der Waals surface area contributed by atoms with Gasteiger partial charge in [0.05, 0.1) is 6.67 Å². The van der Waals surface area contributed by atoms with E-state index in [1.54, 1.807) is 41.5 Å². The van der Waals surface area contributed by atoms with E-state index < -0.39 is 41.8 Å². The van der Waals surface area contributed by atoms with E-state index in [0.29, 0.717) is 12.8 Å². The van der Waals surface area contributed by atoms with Crippen molar-refractivity contribution in [3.63, 3.8) is 0 Å². The Morgan fingerprint density at radius 1 is 0.793 bits per heavy atom. The first kappa shape index (κ1) is 28.2. The standard InChI is InChI=1S/C15H32N4O6S4/c1-7-14(3,4)10(28(20,21)22)18-12(26)16-9-17-13(27)19-11(29(23,24)25)15(5,6)8-2/h10-11H,7-9H2,1-6H3,(H2,16,18,26)(H2,17,19,27)(H,20,21,22)(H,23,24,25). The number of thiocarbonyl (C=S) groups is 2. The van der Waals surface area contributed by atoms with Gasteiger partial charge in [-0.05, 0) is 37.3 Å². The monoisotopic (exact) mass is 492 g/mol. The molecule has 0 saturated carbocycles. The molecule has 0 bridgehead atoms. The molecule has 0 aromatic heterocycles. The number of hydrogen-bond acceptors (Lipinski definition) is 6. The molecule has 10 nitrogen and oxygen atoms in total. The molecule has 14 heteroatoms. The summed E-state index contributed by atoms with van der Waals surface area (Å²) >= 11 is 10.1. The second kappa shape index (κ2) is 10.5. The van der Waals surface area contributed by atoms with E-state index in [0.717, 1.165) is 0 Å². The van der Waals surface area contributed by atoms with E-state index in [2.05, 4.69) is 21.3 Å². The molecule has 0 radical (unpaired) electrons. The van der Waals surface area contributed by atoms with E-state index in [9.17, 15) is 25.9 Å². The summed E-state index contributed by atoms with van der Waals surface area (Å²) in [6, 6.07) is 0. The zero-order chi connectivity index (χ0) is 23.3. The smallest absolute Gasteiger partial charge is 0.286 e. The molecule has 0 amide bonds. The lowest BCUT2D eigenvalue weighted by atomic mass is 9.90. The van der Waals surface area contributed by atoms with Gasteiger partial charge < -0.3 is 21.3 Å². The molecule has 2 atom stereocenters. The fraction of sp³-hybridized carbons (Fsp3) is 0.867. The SMILES string of the molecule is CCC(C)(C)C(NC(=S)NCNC(=S)NC(C(C)(C)CC)S(=O)(=O)O)S(=O)(=O)O. The Labute approximate surface area is 184 Å². The van der Waals surface area contributed by atoms with Crippen molar-refractivity contribution in [3.05, 3.63) is 0 Å². The summed E-state index contributed by atoms with van der Waals surface area (Å²) in [4.78, 5) is 0. The van der Waals surface area contributed by atoms with Gasteiger partial charge in [-0.2, -0.15) is 16.8 Å². The zero-order valence-electron chi connectivity index (χ0n) is 17.4. The summed E-state index contributed by atoms with van der Waals surface area (Å²) in [5.41, 5.74) is -1.59. The van der Waals surface area contributed by atoms with Crippen LogP contribution in [0.3, 0.4) is 0 Å². The minimum absolute atomic E-state index is 0.0512. The van der Waals surface area contributed by atoms with Crippen molar-refractivity contribution < 1.29 is 25.9 Å². The van der Waals surface area contributed by atoms with E-state index in [4.69, 9.17) is 24.4 Å². The highest BCUT2D eigenvalue weighted by atomic mass is 32.2. The van der Waals surface area contributed by atoms with Crippen molar-refractivity contribution in [2.24, 2.45) is 10.8 Å². The molecule has 0 saturated heterocycles. The first-order valence-electron chi connectivity index (χ1n) is 8.89. The van der Waals surface area contributed by atoms with E-state index in [-0.39, 0.29) is 16.9 Å². The maximum Gasteiger partial charge on any atom is 0.286 e. The lowest BCUT2D eigenvalue weighted by Gasteiger charge is -2.33. The second-order valence-corrected chi connectivity index (χ2v) is 11.8. The summed E-state index contributed by atoms with van der Waals surface area (Å²) in [5, 5.41) is 7.73. The van der Waals surface area contributed by atoms with E-state index in [1.165, 1.54) is 0 Å². The second-order valence-electron chi connectivity index (χ2n) is 7.95. The summed E-state index contributed by atoms with van der Waals surface area (Å²) in [7, 11) is -8.83. The van der Waals surface area contributed by atoms with Gasteiger partial charge >= 0.3 is 0 Å². The first-order valence-corrected chi connectivity index (χ1v) is 12.7. The van der Waals surface area contributed by atoms with Crippen LogP contribution in [-0.4, -0.2) is 53.6 Å². The normalized spacial score (nSPS) is 15.2. The van der Waals surface area contributed by atoms with Crippen LogP contribution in [0.5, 0.6) is 0 Å². The van der Waals surface area contributed by atoms with Crippen LogP contribution in [0.4, 0.5) is 0 Å². The lowest BCUT2D eigenvalue weighted by Crippen LogP contribution is -2.56. The predicted octanol–water partition coefficient (Wildman–Crippen LogP) is 1.17. The third-order valence-corrected chi connectivity index (χ3v) is 8.09. The quantitative estimate of drug-likeness (QED) is 0.147. The van der Waals surface area contributed by atoms with Crippen LogP contribution in [-0.2, 0) is 20.2 Å². The summed E-state index contributed by atoms with van der Waals surface area (Å²) in [6.07, 6.45) is 0.924. The van der Waals surface area contributed by atoms with Crippen molar-refractivity contribution in [1.29, 1.82) is 0 Å².